The van der Waals surface area contributed by atoms with Crippen LogP contribution in [0.15, 0.2) is 53.4 Å². The van der Waals surface area contributed by atoms with Crippen molar-refractivity contribution in [2.45, 2.75) is 31.2 Å². The number of esters is 1. The van der Waals surface area contributed by atoms with Gasteiger partial charge in [0.15, 0.2) is 0 Å². The van der Waals surface area contributed by atoms with Gasteiger partial charge in [-0.15, -0.1) is 0 Å². The maximum Gasteiger partial charge on any atom is 0.309 e. The van der Waals surface area contributed by atoms with Crippen molar-refractivity contribution in [3.05, 3.63) is 64.9 Å². The minimum Gasteiger partial charge on any atom is -0.466 e. The Kier molecular flexibility index (Phi) is 8.45. The zero-order valence-corrected chi connectivity index (χ0v) is 19.8. The monoisotopic (exact) mass is 496 g/mol. The summed E-state index contributed by atoms with van der Waals surface area (Å²) < 4.78 is 46.9. The Morgan fingerprint density at radius 2 is 1.76 bits per heavy atom. The predicted molar refractivity (Wildman–Crippen MR) is 121 cm³/mol. The second-order valence-corrected chi connectivity index (χ2v) is 10.1. The second kappa shape index (κ2) is 11.1. The molecular weight excluding hydrogens is 471 g/mol. The fraction of sp³-hybridized carbons (Fsp3) is 0.391. The van der Waals surface area contributed by atoms with Gasteiger partial charge in [-0.05, 0) is 50.1 Å². The average molecular weight is 497 g/mol. The van der Waals surface area contributed by atoms with E-state index in [1.807, 2.05) is 0 Å². The molecule has 3 rings (SSSR count). The van der Waals surface area contributed by atoms with Gasteiger partial charge in [-0.2, -0.15) is 4.31 Å². The van der Waals surface area contributed by atoms with Crippen LogP contribution in [0.25, 0.3) is 0 Å². The third-order valence-electron chi connectivity index (χ3n) is 5.54. The summed E-state index contributed by atoms with van der Waals surface area (Å²) in [5.41, 5.74) is 0.156. The van der Waals surface area contributed by atoms with Crippen LogP contribution in [0.5, 0.6) is 0 Å². The number of hydrogen-bond donors (Lipinski definition) is 0. The quantitative estimate of drug-likeness (QED) is 0.522. The van der Waals surface area contributed by atoms with E-state index in [1.165, 1.54) is 47.4 Å². The van der Waals surface area contributed by atoms with Crippen LogP contribution in [-0.4, -0.2) is 55.7 Å². The van der Waals surface area contributed by atoms with Gasteiger partial charge in [-0.25, -0.2) is 12.8 Å². The van der Waals surface area contributed by atoms with E-state index in [0.29, 0.717) is 37.6 Å². The lowest BCUT2D eigenvalue weighted by molar-refractivity contribution is -0.151. The molecule has 1 aliphatic heterocycles. The van der Waals surface area contributed by atoms with Crippen molar-refractivity contribution < 1.29 is 27.1 Å². The molecule has 2 aromatic carbocycles. The van der Waals surface area contributed by atoms with Crippen LogP contribution in [0.4, 0.5) is 4.39 Å². The Hall–Kier alpha value is -2.49. The molecular formula is C23H26ClFN2O5S. The maximum atomic E-state index is 14.3. The van der Waals surface area contributed by atoms with Crippen molar-refractivity contribution in [1.29, 1.82) is 0 Å². The maximum absolute atomic E-state index is 14.3. The fourth-order valence-corrected chi connectivity index (χ4v) is 5.17. The molecule has 0 atom stereocenters. The number of likely N-dealkylation sites (tertiary alicyclic amines) is 1. The van der Waals surface area contributed by atoms with E-state index >= 15 is 0 Å². The van der Waals surface area contributed by atoms with Crippen molar-refractivity contribution in [3.63, 3.8) is 0 Å². The summed E-state index contributed by atoms with van der Waals surface area (Å²) in [6.07, 6.45) is 0.893. The molecule has 10 heteroatoms. The van der Waals surface area contributed by atoms with E-state index in [2.05, 4.69) is 0 Å². The average Bonchev–Trinajstić information content (AvgIpc) is 2.80. The smallest absolute Gasteiger partial charge is 0.309 e. The molecule has 178 valence electrons. The van der Waals surface area contributed by atoms with Crippen molar-refractivity contribution >= 4 is 33.5 Å². The molecule has 0 unspecified atom stereocenters. The van der Waals surface area contributed by atoms with Crippen LogP contribution < -0.4 is 0 Å². The third-order valence-corrected chi connectivity index (χ3v) is 7.59. The molecule has 0 aliphatic carbocycles. The molecule has 0 spiro atoms. The van der Waals surface area contributed by atoms with Crippen LogP contribution in [0.3, 0.4) is 0 Å². The summed E-state index contributed by atoms with van der Waals surface area (Å²) >= 11 is 5.88. The topological polar surface area (TPSA) is 84.0 Å². The second-order valence-electron chi connectivity index (χ2n) is 7.73. The molecule has 1 amide bonds. The first-order valence-electron chi connectivity index (χ1n) is 10.7. The van der Waals surface area contributed by atoms with E-state index in [0.717, 1.165) is 4.31 Å². The number of amides is 1. The highest BCUT2D eigenvalue weighted by atomic mass is 35.5. The molecule has 1 aliphatic rings. The molecule has 0 saturated carbocycles. The van der Waals surface area contributed by atoms with Crippen LogP contribution >= 0.6 is 11.6 Å². The Bertz CT molecular complexity index is 1090. The molecule has 1 saturated heterocycles. The van der Waals surface area contributed by atoms with Crippen molar-refractivity contribution in [3.8, 4) is 0 Å². The van der Waals surface area contributed by atoms with E-state index < -0.39 is 28.3 Å². The Balaban J connectivity index is 1.78. The third kappa shape index (κ3) is 6.31. The molecule has 0 bridgehead atoms. The standard InChI is InChI=1S/C23H26ClFN2O5S/c1-2-32-23(29)17-11-13-26(14-12-17)22(28)16-27(15-18-5-3-4-6-21(18)25)33(30,31)20-9-7-19(24)8-10-20/h3-10,17H,2,11-16H2,1H3. The van der Waals surface area contributed by atoms with Crippen LogP contribution in [0.2, 0.25) is 5.02 Å². The Labute approximate surface area is 198 Å². The van der Waals surface area contributed by atoms with Crippen molar-refractivity contribution in [1.82, 2.24) is 9.21 Å². The number of carbonyl (C=O) groups is 2. The first-order valence-corrected chi connectivity index (χ1v) is 12.5. The summed E-state index contributed by atoms with van der Waals surface area (Å²) in [4.78, 5) is 26.4. The molecule has 1 fully saturated rings. The van der Waals surface area contributed by atoms with E-state index in [9.17, 15) is 22.4 Å². The van der Waals surface area contributed by atoms with Crippen LogP contribution in [-0.2, 0) is 30.9 Å². The first kappa shape index (κ1) is 25.1. The van der Waals surface area contributed by atoms with Gasteiger partial charge in [0.05, 0.1) is 24.0 Å². The number of ether oxygens (including phenoxy) is 1. The highest BCUT2D eigenvalue weighted by molar-refractivity contribution is 7.89. The lowest BCUT2D eigenvalue weighted by atomic mass is 9.97. The highest BCUT2D eigenvalue weighted by Gasteiger charge is 2.32. The number of sulfonamides is 1. The molecule has 2 aromatic rings. The van der Waals surface area contributed by atoms with E-state index in [1.54, 1.807) is 13.0 Å². The van der Waals surface area contributed by atoms with Crippen molar-refractivity contribution in [2.24, 2.45) is 5.92 Å². The highest BCUT2D eigenvalue weighted by Crippen LogP contribution is 2.23. The van der Waals surface area contributed by atoms with Gasteiger partial charge in [-0.3, -0.25) is 9.59 Å². The number of carbonyl (C=O) groups excluding carboxylic acids is 2. The van der Waals surface area contributed by atoms with Crippen LogP contribution in [0, 0.1) is 11.7 Å². The summed E-state index contributed by atoms with van der Waals surface area (Å²) in [5.74, 6) is -1.53. The van der Waals surface area contributed by atoms with Crippen molar-refractivity contribution in [2.75, 3.05) is 26.2 Å². The number of rotatable bonds is 8. The number of hydrogen-bond acceptors (Lipinski definition) is 5. The Morgan fingerprint density at radius 1 is 1.12 bits per heavy atom. The first-order chi connectivity index (χ1) is 15.7. The molecule has 33 heavy (non-hydrogen) atoms. The SMILES string of the molecule is CCOC(=O)C1CCN(C(=O)CN(Cc2ccccc2F)S(=O)(=O)c2ccc(Cl)cc2)CC1. The van der Waals surface area contributed by atoms with Gasteiger partial charge in [0.2, 0.25) is 15.9 Å². The number of nitrogens with zero attached hydrogens (tertiary/aromatic N) is 2. The predicted octanol–water partition coefficient (Wildman–Crippen LogP) is 3.47. The molecule has 7 nitrogen and oxygen atoms in total. The normalized spacial score (nSPS) is 15.0. The fourth-order valence-electron chi connectivity index (χ4n) is 3.67. The summed E-state index contributed by atoms with van der Waals surface area (Å²) in [6, 6.07) is 11.4. The van der Waals surface area contributed by atoms with E-state index in [4.69, 9.17) is 16.3 Å². The molecule has 1 heterocycles. The van der Waals surface area contributed by atoms with Gasteiger partial charge >= 0.3 is 5.97 Å². The largest absolute Gasteiger partial charge is 0.466 e. The summed E-state index contributed by atoms with van der Waals surface area (Å²) in [5, 5.41) is 0.371. The lowest BCUT2D eigenvalue weighted by Crippen LogP contribution is -2.46. The number of piperidine rings is 1. The van der Waals surface area contributed by atoms with Gasteiger partial charge in [-0.1, -0.05) is 29.8 Å². The molecule has 0 aromatic heterocycles. The number of halogens is 2. The van der Waals surface area contributed by atoms with Crippen LogP contribution in [0.1, 0.15) is 25.3 Å². The van der Waals surface area contributed by atoms with Gasteiger partial charge in [0.1, 0.15) is 5.82 Å². The van der Waals surface area contributed by atoms with E-state index in [-0.39, 0.29) is 28.9 Å². The molecule has 0 radical (unpaired) electrons. The minimum absolute atomic E-state index is 0.0444. The van der Waals surface area contributed by atoms with Gasteiger partial charge in [0, 0.05) is 30.2 Å². The zero-order chi connectivity index (χ0) is 24.0. The summed E-state index contributed by atoms with van der Waals surface area (Å²) in [6.45, 7) is 1.91. The lowest BCUT2D eigenvalue weighted by Gasteiger charge is -2.32. The molecule has 0 N–H and O–H groups in total. The number of benzene rings is 2. The summed E-state index contributed by atoms with van der Waals surface area (Å²) in [7, 11) is -4.11. The minimum atomic E-state index is -4.11. The Morgan fingerprint density at radius 3 is 2.36 bits per heavy atom. The zero-order valence-electron chi connectivity index (χ0n) is 18.2. The van der Waals surface area contributed by atoms with Gasteiger partial charge in [0.25, 0.3) is 0 Å². The van der Waals surface area contributed by atoms with Gasteiger partial charge < -0.3 is 9.64 Å².